The van der Waals surface area contributed by atoms with Crippen LogP contribution in [-0.2, 0) is 20.8 Å². The van der Waals surface area contributed by atoms with Crippen molar-refractivity contribution in [2.75, 3.05) is 26.2 Å². The number of amides is 3. The Bertz CT molecular complexity index is 1030. The van der Waals surface area contributed by atoms with Gasteiger partial charge in [0.15, 0.2) is 0 Å². The molecule has 1 aromatic carbocycles. The second kappa shape index (κ2) is 10.6. The van der Waals surface area contributed by atoms with Crippen molar-refractivity contribution < 1.29 is 19.1 Å². The van der Waals surface area contributed by atoms with Crippen LogP contribution in [0.3, 0.4) is 0 Å². The van der Waals surface area contributed by atoms with Gasteiger partial charge in [-0.1, -0.05) is 24.6 Å². The third-order valence-electron chi connectivity index (χ3n) is 8.73. The lowest BCUT2D eigenvalue weighted by atomic mass is 9.72. The highest BCUT2D eigenvalue weighted by molar-refractivity contribution is 6.07. The van der Waals surface area contributed by atoms with E-state index in [1.807, 2.05) is 24.0 Å². The first-order valence-electron chi connectivity index (χ1n) is 13.6. The van der Waals surface area contributed by atoms with Gasteiger partial charge in [-0.25, -0.2) is 5.43 Å². The zero-order chi connectivity index (χ0) is 25.1. The highest BCUT2D eigenvalue weighted by atomic mass is 16.5. The maximum absolute atomic E-state index is 14.0. The topological polar surface area (TPSA) is 91.3 Å². The Morgan fingerprint density at radius 2 is 1.92 bits per heavy atom. The fourth-order valence-electron chi connectivity index (χ4n) is 6.41. The molecule has 2 atom stereocenters. The molecule has 8 heteroatoms. The summed E-state index contributed by atoms with van der Waals surface area (Å²) >= 11 is 0. The van der Waals surface area contributed by atoms with Gasteiger partial charge in [-0.2, -0.15) is 5.10 Å². The Kier molecular flexibility index (Phi) is 7.30. The van der Waals surface area contributed by atoms with Gasteiger partial charge in [0.05, 0.1) is 17.4 Å². The van der Waals surface area contributed by atoms with Crippen LogP contribution in [0, 0.1) is 11.3 Å². The number of nitrogens with zero attached hydrogens (tertiary/aromatic N) is 3. The molecule has 0 saturated carbocycles. The number of para-hydroxylation sites is 1. The number of rotatable bonds is 3. The summed E-state index contributed by atoms with van der Waals surface area (Å²) in [5.74, 6) is 0.863. The molecule has 4 heterocycles. The van der Waals surface area contributed by atoms with Gasteiger partial charge in [0.1, 0.15) is 12.4 Å². The van der Waals surface area contributed by atoms with Crippen LogP contribution in [0.1, 0.15) is 70.3 Å². The number of carbonyl (C=O) groups excluding carboxylic acids is 3. The van der Waals surface area contributed by atoms with Crippen LogP contribution in [-0.4, -0.2) is 65.5 Å². The molecule has 4 aliphatic rings. The maximum atomic E-state index is 14.0. The third-order valence-corrected chi connectivity index (χ3v) is 8.73. The van der Waals surface area contributed by atoms with Crippen molar-refractivity contribution in [1.29, 1.82) is 0 Å². The van der Waals surface area contributed by atoms with E-state index in [2.05, 4.69) is 27.6 Å². The van der Waals surface area contributed by atoms with Crippen molar-refractivity contribution in [3.63, 3.8) is 0 Å². The van der Waals surface area contributed by atoms with Gasteiger partial charge in [0.25, 0.3) is 0 Å². The third kappa shape index (κ3) is 5.00. The Morgan fingerprint density at radius 3 is 2.69 bits per heavy atom. The summed E-state index contributed by atoms with van der Waals surface area (Å²) in [6, 6.07) is 8.40. The summed E-state index contributed by atoms with van der Waals surface area (Å²) in [6.45, 7) is 4.37. The van der Waals surface area contributed by atoms with Crippen LogP contribution in [0.5, 0.6) is 5.75 Å². The first-order chi connectivity index (χ1) is 17.5. The fourth-order valence-corrected chi connectivity index (χ4v) is 6.41. The summed E-state index contributed by atoms with van der Waals surface area (Å²) in [5, 5.41) is 3.98. The monoisotopic (exact) mass is 494 g/mol. The molecular weight excluding hydrogens is 456 g/mol. The molecule has 1 spiro atoms. The Hall–Kier alpha value is -2.90. The number of aryl methyl sites for hydroxylation is 1. The van der Waals surface area contributed by atoms with Gasteiger partial charge in [0.2, 0.25) is 17.7 Å². The van der Waals surface area contributed by atoms with Crippen molar-refractivity contribution in [3.05, 3.63) is 29.8 Å². The number of ether oxygens (including phenoxy) is 1. The molecule has 194 valence electrons. The standard InChI is InChI=1S/C28H38N4O4/c1-20-23(26(34)30-29-20)11-12-25(33)31-17-14-28(15-18-31)13-5-4-8-21-7-2-3-10-24(21)36-19-22-9-6-16-32(22)27(28)35/h2-3,7,10,22-23H,4-6,8-9,11-19H2,1H3,(H,30,34)/t22-,23?/m0/s1. The van der Waals surface area contributed by atoms with E-state index in [1.165, 1.54) is 5.56 Å². The second-order valence-corrected chi connectivity index (χ2v) is 10.9. The molecular formula is C28H38N4O4. The molecule has 5 rings (SSSR count). The first-order valence-corrected chi connectivity index (χ1v) is 13.6. The Labute approximate surface area is 213 Å². The minimum absolute atomic E-state index is 0.0713. The van der Waals surface area contributed by atoms with Crippen molar-refractivity contribution in [1.82, 2.24) is 15.2 Å². The van der Waals surface area contributed by atoms with E-state index in [0.29, 0.717) is 45.4 Å². The summed E-state index contributed by atoms with van der Waals surface area (Å²) in [5.41, 5.74) is 4.09. The predicted octanol–water partition coefficient (Wildman–Crippen LogP) is 3.29. The maximum Gasteiger partial charge on any atom is 0.248 e. The highest BCUT2D eigenvalue weighted by Crippen LogP contribution is 2.41. The largest absolute Gasteiger partial charge is 0.491 e. The lowest BCUT2D eigenvalue weighted by Crippen LogP contribution is -2.53. The minimum atomic E-state index is -0.396. The average Bonchev–Trinajstić information content (AvgIpc) is 3.49. The number of fused-ring (bicyclic) bond motifs is 2. The quantitative estimate of drug-likeness (QED) is 0.698. The number of hydrazone groups is 1. The molecule has 1 aromatic rings. The molecule has 0 radical (unpaired) electrons. The first kappa shape index (κ1) is 24.8. The molecule has 0 bridgehead atoms. The summed E-state index contributed by atoms with van der Waals surface area (Å²) in [6.07, 6.45) is 8.06. The number of carbonyl (C=O) groups is 3. The molecule has 2 saturated heterocycles. The molecule has 0 aliphatic carbocycles. The van der Waals surface area contributed by atoms with Crippen LogP contribution in [0.15, 0.2) is 29.4 Å². The van der Waals surface area contributed by atoms with Crippen molar-refractivity contribution in [3.8, 4) is 5.75 Å². The summed E-state index contributed by atoms with van der Waals surface area (Å²) in [4.78, 5) is 42.9. The van der Waals surface area contributed by atoms with Crippen LogP contribution < -0.4 is 10.2 Å². The van der Waals surface area contributed by atoms with Crippen LogP contribution in [0.2, 0.25) is 0 Å². The molecule has 4 aliphatic heterocycles. The molecule has 1 unspecified atom stereocenters. The van der Waals surface area contributed by atoms with Crippen molar-refractivity contribution >= 4 is 23.4 Å². The molecule has 0 aromatic heterocycles. The van der Waals surface area contributed by atoms with Gasteiger partial charge < -0.3 is 14.5 Å². The van der Waals surface area contributed by atoms with E-state index >= 15 is 0 Å². The second-order valence-electron chi connectivity index (χ2n) is 10.9. The van der Waals surface area contributed by atoms with E-state index in [-0.39, 0.29) is 29.7 Å². The normalized spacial score (nSPS) is 26.3. The van der Waals surface area contributed by atoms with E-state index in [1.54, 1.807) is 0 Å². The number of piperidine rings is 1. The fraction of sp³-hybridized carbons (Fsp3) is 0.643. The Morgan fingerprint density at radius 1 is 1.11 bits per heavy atom. The Balaban J connectivity index is 1.25. The van der Waals surface area contributed by atoms with Gasteiger partial charge >= 0.3 is 0 Å². The lowest BCUT2D eigenvalue weighted by molar-refractivity contribution is -0.150. The van der Waals surface area contributed by atoms with Gasteiger partial charge in [-0.05, 0) is 69.9 Å². The lowest BCUT2D eigenvalue weighted by Gasteiger charge is -2.44. The minimum Gasteiger partial charge on any atom is -0.491 e. The number of hydrogen-bond donors (Lipinski definition) is 1. The number of likely N-dealkylation sites (tertiary alicyclic amines) is 1. The molecule has 2 fully saturated rings. The molecule has 3 amide bonds. The van der Waals surface area contributed by atoms with Crippen molar-refractivity contribution in [2.45, 2.75) is 77.2 Å². The van der Waals surface area contributed by atoms with E-state index in [4.69, 9.17) is 4.74 Å². The summed E-state index contributed by atoms with van der Waals surface area (Å²) < 4.78 is 6.25. The number of benzene rings is 1. The van der Waals surface area contributed by atoms with Crippen LogP contribution >= 0.6 is 0 Å². The summed E-state index contributed by atoms with van der Waals surface area (Å²) in [7, 11) is 0. The van der Waals surface area contributed by atoms with Crippen LogP contribution in [0.4, 0.5) is 0 Å². The number of nitrogens with one attached hydrogen (secondary N) is 1. The predicted molar refractivity (Wildman–Crippen MR) is 136 cm³/mol. The SMILES string of the molecule is CC1=NNC(=O)C1CCC(=O)N1CCC2(CCCCc3ccccc3OC[C@@H]3CCCN3C2=O)CC1. The molecule has 1 N–H and O–H groups in total. The van der Waals surface area contributed by atoms with Crippen LogP contribution in [0.25, 0.3) is 0 Å². The smallest absolute Gasteiger partial charge is 0.248 e. The van der Waals surface area contributed by atoms with E-state index < -0.39 is 5.41 Å². The zero-order valence-corrected chi connectivity index (χ0v) is 21.3. The van der Waals surface area contributed by atoms with Crippen molar-refractivity contribution in [2.24, 2.45) is 16.4 Å². The van der Waals surface area contributed by atoms with Gasteiger partial charge in [-0.3, -0.25) is 14.4 Å². The van der Waals surface area contributed by atoms with Gasteiger partial charge in [-0.15, -0.1) is 0 Å². The molecule has 36 heavy (non-hydrogen) atoms. The highest BCUT2D eigenvalue weighted by Gasteiger charge is 2.46. The van der Waals surface area contributed by atoms with E-state index in [0.717, 1.165) is 56.5 Å². The average molecular weight is 495 g/mol. The number of hydrogen-bond acceptors (Lipinski definition) is 5. The van der Waals surface area contributed by atoms with Gasteiger partial charge in [0, 0.05) is 31.8 Å². The zero-order valence-electron chi connectivity index (χ0n) is 21.3. The molecule has 8 nitrogen and oxygen atoms in total. The van der Waals surface area contributed by atoms with E-state index in [9.17, 15) is 14.4 Å².